The van der Waals surface area contributed by atoms with Gasteiger partial charge in [-0.25, -0.2) is 0 Å². The van der Waals surface area contributed by atoms with E-state index in [9.17, 15) is 0 Å². The Balaban J connectivity index is 1.99. The van der Waals surface area contributed by atoms with Crippen LogP contribution in [0.3, 0.4) is 0 Å². The summed E-state index contributed by atoms with van der Waals surface area (Å²) in [6.07, 6.45) is 6.07. The van der Waals surface area contributed by atoms with Crippen molar-refractivity contribution in [1.29, 1.82) is 0 Å². The van der Waals surface area contributed by atoms with Crippen LogP contribution in [0.15, 0.2) is 86.0 Å². The molecule has 2 nitrogen and oxygen atoms in total. The van der Waals surface area contributed by atoms with E-state index in [1.807, 2.05) is 12.2 Å². The lowest BCUT2D eigenvalue weighted by molar-refractivity contribution is 0.363. The average Bonchev–Trinajstić information content (AvgIpc) is 2.97. The molecule has 0 atom stereocenters. The molecule has 1 aliphatic rings. The second kappa shape index (κ2) is 6.74. The monoisotopic (exact) mass is 304 g/mol. The number of nitrogens with zero attached hydrogens (tertiary/aromatic N) is 2. The van der Waals surface area contributed by atoms with E-state index in [4.69, 9.17) is 0 Å². The van der Waals surface area contributed by atoms with Gasteiger partial charge < -0.3 is 0 Å². The first-order valence-corrected chi connectivity index (χ1v) is 8.15. The predicted molar refractivity (Wildman–Crippen MR) is 99.6 cm³/mol. The van der Waals surface area contributed by atoms with Gasteiger partial charge in [-0.15, -0.1) is 13.2 Å². The third kappa shape index (κ3) is 3.16. The molecule has 0 radical (unpaired) electrons. The van der Waals surface area contributed by atoms with E-state index in [0.717, 1.165) is 25.9 Å². The number of para-hydroxylation sites is 2. The summed E-state index contributed by atoms with van der Waals surface area (Å²) >= 11 is 0. The summed E-state index contributed by atoms with van der Waals surface area (Å²) in [5.74, 6) is 0. The van der Waals surface area contributed by atoms with Crippen LogP contribution in [-0.4, -0.2) is 13.1 Å². The van der Waals surface area contributed by atoms with Gasteiger partial charge in [0, 0.05) is 18.5 Å². The normalized spacial score (nSPS) is 16.3. The van der Waals surface area contributed by atoms with E-state index in [2.05, 4.69) is 83.8 Å². The molecule has 23 heavy (non-hydrogen) atoms. The minimum atomic E-state index is 0.162. The molecular weight excluding hydrogens is 280 g/mol. The quantitative estimate of drug-likeness (QED) is 0.688. The highest BCUT2D eigenvalue weighted by Gasteiger charge is 2.41. The van der Waals surface area contributed by atoms with Crippen molar-refractivity contribution in [3.8, 4) is 0 Å². The Hall–Kier alpha value is -2.48. The van der Waals surface area contributed by atoms with Gasteiger partial charge in [0.1, 0.15) is 0 Å². The first-order valence-electron chi connectivity index (χ1n) is 8.15. The Morgan fingerprint density at radius 3 is 1.48 bits per heavy atom. The topological polar surface area (TPSA) is 6.48 Å². The van der Waals surface area contributed by atoms with Crippen molar-refractivity contribution < 1.29 is 0 Å². The molecule has 2 aromatic carbocycles. The van der Waals surface area contributed by atoms with Crippen LogP contribution in [0.5, 0.6) is 0 Å². The molecule has 1 heterocycles. The van der Waals surface area contributed by atoms with Crippen LogP contribution in [0, 0.1) is 5.41 Å². The third-order valence-electron chi connectivity index (χ3n) is 4.52. The molecule has 0 spiro atoms. The van der Waals surface area contributed by atoms with E-state index in [0.29, 0.717) is 0 Å². The molecule has 0 amide bonds. The van der Waals surface area contributed by atoms with Crippen LogP contribution in [-0.2, 0) is 0 Å². The molecule has 1 fully saturated rings. The Morgan fingerprint density at radius 1 is 0.739 bits per heavy atom. The maximum absolute atomic E-state index is 3.98. The molecule has 0 N–H and O–H groups in total. The molecule has 118 valence electrons. The zero-order valence-corrected chi connectivity index (χ0v) is 13.6. The van der Waals surface area contributed by atoms with Gasteiger partial charge in [0.05, 0.1) is 11.4 Å². The smallest absolute Gasteiger partial charge is 0.0574 e. The fourth-order valence-corrected chi connectivity index (χ4v) is 3.47. The fraction of sp³-hybridized carbons (Fsp3) is 0.238. The predicted octanol–water partition coefficient (Wildman–Crippen LogP) is 5.07. The number of allylic oxidation sites excluding steroid dienone is 2. The molecule has 0 saturated carbocycles. The number of anilines is 2. The van der Waals surface area contributed by atoms with Gasteiger partial charge in [0.15, 0.2) is 0 Å². The number of hydrogen-bond donors (Lipinski definition) is 0. The Morgan fingerprint density at radius 2 is 1.13 bits per heavy atom. The fourth-order valence-electron chi connectivity index (χ4n) is 3.47. The van der Waals surface area contributed by atoms with Crippen molar-refractivity contribution in [1.82, 2.24) is 0 Å². The van der Waals surface area contributed by atoms with Gasteiger partial charge in [0.2, 0.25) is 0 Å². The van der Waals surface area contributed by atoms with Gasteiger partial charge in [0.25, 0.3) is 0 Å². The third-order valence-corrected chi connectivity index (χ3v) is 4.52. The minimum Gasteiger partial charge on any atom is -0.285 e. The van der Waals surface area contributed by atoms with Crippen LogP contribution in [0.2, 0.25) is 0 Å². The van der Waals surface area contributed by atoms with Crippen molar-refractivity contribution in [3.05, 3.63) is 86.0 Å². The van der Waals surface area contributed by atoms with Crippen molar-refractivity contribution in [2.24, 2.45) is 5.41 Å². The average molecular weight is 304 g/mol. The summed E-state index contributed by atoms with van der Waals surface area (Å²) in [5, 5.41) is 4.78. The van der Waals surface area contributed by atoms with E-state index < -0.39 is 0 Å². The number of benzene rings is 2. The van der Waals surface area contributed by atoms with E-state index in [-0.39, 0.29) is 5.41 Å². The Labute approximate surface area is 139 Å². The number of hydrazine groups is 1. The largest absolute Gasteiger partial charge is 0.285 e. The van der Waals surface area contributed by atoms with Crippen LogP contribution in [0.4, 0.5) is 11.4 Å². The lowest BCUT2D eigenvalue weighted by Crippen LogP contribution is -2.36. The van der Waals surface area contributed by atoms with E-state index in [1.165, 1.54) is 11.4 Å². The highest BCUT2D eigenvalue weighted by molar-refractivity contribution is 5.60. The van der Waals surface area contributed by atoms with Gasteiger partial charge in [-0.1, -0.05) is 48.6 Å². The lowest BCUT2D eigenvalue weighted by Gasteiger charge is -2.31. The molecule has 1 aliphatic heterocycles. The van der Waals surface area contributed by atoms with E-state index >= 15 is 0 Å². The Bertz CT molecular complexity index is 589. The summed E-state index contributed by atoms with van der Waals surface area (Å²) in [6.45, 7) is 9.90. The molecule has 0 aromatic heterocycles. The van der Waals surface area contributed by atoms with Crippen molar-refractivity contribution in [3.63, 3.8) is 0 Å². The van der Waals surface area contributed by atoms with Gasteiger partial charge >= 0.3 is 0 Å². The van der Waals surface area contributed by atoms with Crippen LogP contribution in [0.1, 0.15) is 12.8 Å². The SMILES string of the molecule is C=CCC1(CC=C)CN(c2ccccc2)N(c2ccccc2)C1. The zero-order valence-electron chi connectivity index (χ0n) is 13.6. The second-order valence-electron chi connectivity index (χ2n) is 6.27. The summed E-state index contributed by atoms with van der Waals surface area (Å²) < 4.78 is 0. The second-order valence-corrected chi connectivity index (χ2v) is 6.27. The van der Waals surface area contributed by atoms with Gasteiger partial charge in [-0.05, 0) is 37.1 Å². The maximum atomic E-state index is 3.98. The van der Waals surface area contributed by atoms with Crippen molar-refractivity contribution in [2.45, 2.75) is 12.8 Å². The summed E-state index contributed by atoms with van der Waals surface area (Å²) in [7, 11) is 0. The highest BCUT2D eigenvalue weighted by atomic mass is 15.7. The first kappa shape index (κ1) is 15.4. The molecule has 2 aromatic rings. The standard InChI is InChI=1S/C21H24N2/c1-3-15-21(16-4-2)17-22(19-11-7-5-8-12-19)23(18-21)20-13-9-6-10-14-20/h3-14H,1-2,15-18H2. The van der Waals surface area contributed by atoms with E-state index in [1.54, 1.807) is 0 Å². The van der Waals surface area contributed by atoms with Crippen LogP contribution in [0.25, 0.3) is 0 Å². The van der Waals surface area contributed by atoms with Crippen LogP contribution >= 0.6 is 0 Å². The molecule has 0 aliphatic carbocycles. The molecule has 0 unspecified atom stereocenters. The lowest BCUT2D eigenvalue weighted by atomic mass is 9.82. The van der Waals surface area contributed by atoms with Crippen LogP contribution < -0.4 is 10.0 Å². The molecule has 0 bridgehead atoms. The number of rotatable bonds is 6. The van der Waals surface area contributed by atoms with Gasteiger partial charge in [-0.3, -0.25) is 10.0 Å². The number of hydrogen-bond acceptors (Lipinski definition) is 2. The summed E-state index contributed by atoms with van der Waals surface area (Å²) in [4.78, 5) is 0. The summed E-state index contributed by atoms with van der Waals surface area (Å²) in [6, 6.07) is 21.2. The first-order chi connectivity index (χ1) is 11.3. The molecular formula is C21H24N2. The molecule has 2 heteroatoms. The van der Waals surface area contributed by atoms with Crippen molar-refractivity contribution >= 4 is 11.4 Å². The maximum Gasteiger partial charge on any atom is 0.0574 e. The molecule has 3 rings (SSSR count). The van der Waals surface area contributed by atoms with Gasteiger partial charge in [-0.2, -0.15) is 0 Å². The summed E-state index contributed by atoms with van der Waals surface area (Å²) in [5.41, 5.74) is 2.62. The minimum absolute atomic E-state index is 0.162. The molecule has 1 saturated heterocycles. The highest BCUT2D eigenvalue weighted by Crippen LogP contribution is 2.40. The van der Waals surface area contributed by atoms with Crippen molar-refractivity contribution in [2.75, 3.05) is 23.1 Å². The zero-order chi connectivity index (χ0) is 16.1. The Kier molecular flexibility index (Phi) is 4.52.